The van der Waals surface area contributed by atoms with Crippen molar-refractivity contribution >= 4 is 46.0 Å². The van der Waals surface area contributed by atoms with E-state index in [1.54, 1.807) is 6.07 Å². The summed E-state index contributed by atoms with van der Waals surface area (Å²) in [4.78, 5) is 4.44. The van der Waals surface area contributed by atoms with Crippen LogP contribution in [0.5, 0.6) is 0 Å². The van der Waals surface area contributed by atoms with E-state index < -0.39 is 5.82 Å². The molecule has 0 radical (unpaired) electrons. The van der Waals surface area contributed by atoms with E-state index in [0.717, 1.165) is 24.3 Å². The molecule has 0 saturated heterocycles. The Labute approximate surface area is 132 Å². The molecule has 2 atom stereocenters. The lowest BCUT2D eigenvalue weighted by Crippen LogP contribution is -2.08. The van der Waals surface area contributed by atoms with Crippen LogP contribution in [0.15, 0.2) is 12.1 Å². The summed E-state index contributed by atoms with van der Waals surface area (Å²) in [6.45, 7) is 4.85. The average Bonchev–Trinajstić information content (AvgIpc) is 2.74. The monoisotopic (exact) mass is 334 g/mol. The SMILES string of the molecule is CSC(C)CCn1c(C(C)Cl)nc2cc(F)c(Cl)cc21. The number of nitrogens with zero attached hydrogens (tertiary/aromatic N) is 2. The first-order chi connectivity index (χ1) is 9.43. The number of aryl methyl sites for hydroxylation is 1. The highest BCUT2D eigenvalue weighted by molar-refractivity contribution is 7.99. The van der Waals surface area contributed by atoms with E-state index in [1.807, 2.05) is 23.3 Å². The molecule has 0 aliphatic rings. The van der Waals surface area contributed by atoms with Crippen molar-refractivity contribution in [2.24, 2.45) is 0 Å². The van der Waals surface area contributed by atoms with Crippen LogP contribution in [0.2, 0.25) is 5.02 Å². The Bertz CT molecular complexity index is 613. The Morgan fingerprint density at radius 3 is 2.70 bits per heavy atom. The number of fused-ring (bicyclic) bond motifs is 1. The first-order valence-corrected chi connectivity index (χ1v) is 8.56. The molecular formula is C14H17Cl2FN2S. The topological polar surface area (TPSA) is 17.8 Å². The Kier molecular flexibility index (Phi) is 5.21. The maximum Gasteiger partial charge on any atom is 0.144 e. The molecule has 2 unspecified atom stereocenters. The van der Waals surface area contributed by atoms with Crippen LogP contribution < -0.4 is 0 Å². The molecule has 0 fully saturated rings. The summed E-state index contributed by atoms with van der Waals surface area (Å²) in [5, 5.41) is 0.431. The van der Waals surface area contributed by atoms with Gasteiger partial charge in [0.25, 0.3) is 0 Å². The van der Waals surface area contributed by atoms with Gasteiger partial charge in [-0.3, -0.25) is 0 Å². The zero-order valence-electron chi connectivity index (χ0n) is 11.7. The third kappa shape index (κ3) is 3.23. The minimum absolute atomic E-state index is 0.116. The van der Waals surface area contributed by atoms with Crippen molar-refractivity contribution in [2.45, 2.75) is 37.4 Å². The summed E-state index contributed by atoms with van der Waals surface area (Å²) >= 11 is 13.9. The minimum Gasteiger partial charge on any atom is -0.327 e. The highest BCUT2D eigenvalue weighted by Crippen LogP contribution is 2.29. The number of thioether (sulfide) groups is 1. The fraction of sp³-hybridized carbons (Fsp3) is 0.500. The highest BCUT2D eigenvalue weighted by atomic mass is 35.5. The van der Waals surface area contributed by atoms with Crippen LogP contribution in [0.25, 0.3) is 11.0 Å². The maximum atomic E-state index is 13.5. The van der Waals surface area contributed by atoms with E-state index in [9.17, 15) is 4.39 Å². The molecule has 2 rings (SSSR count). The molecule has 1 aromatic heterocycles. The first kappa shape index (κ1) is 15.9. The molecule has 1 heterocycles. The Balaban J connectivity index is 2.47. The van der Waals surface area contributed by atoms with E-state index in [4.69, 9.17) is 23.2 Å². The van der Waals surface area contributed by atoms with Crippen molar-refractivity contribution in [3.63, 3.8) is 0 Å². The predicted octanol–water partition coefficient (Wildman–Crippen LogP) is 5.27. The molecule has 1 aromatic carbocycles. The van der Waals surface area contributed by atoms with Crippen molar-refractivity contribution in [3.05, 3.63) is 28.8 Å². The van der Waals surface area contributed by atoms with Crippen LogP contribution in [0.4, 0.5) is 4.39 Å². The predicted molar refractivity (Wildman–Crippen MR) is 86.6 cm³/mol. The molecule has 0 aliphatic carbocycles. The Morgan fingerprint density at radius 2 is 2.10 bits per heavy atom. The Hall–Kier alpha value is -0.450. The highest BCUT2D eigenvalue weighted by Gasteiger charge is 2.17. The molecule has 0 bridgehead atoms. The number of hydrogen-bond acceptors (Lipinski definition) is 2. The van der Waals surface area contributed by atoms with Crippen LogP contribution in [-0.4, -0.2) is 21.1 Å². The van der Waals surface area contributed by atoms with Crippen LogP contribution in [0.1, 0.15) is 31.5 Å². The van der Waals surface area contributed by atoms with Gasteiger partial charge >= 0.3 is 0 Å². The smallest absolute Gasteiger partial charge is 0.144 e. The molecular weight excluding hydrogens is 318 g/mol. The molecule has 0 spiro atoms. The lowest BCUT2D eigenvalue weighted by Gasteiger charge is -2.13. The fourth-order valence-electron chi connectivity index (χ4n) is 2.11. The van der Waals surface area contributed by atoms with E-state index in [-0.39, 0.29) is 10.4 Å². The molecule has 2 nitrogen and oxygen atoms in total. The summed E-state index contributed by atoms with van der Waals surface area (Å²) in [6, 6.07) is 3.00. The van der Waals surface area contributed by atoms with Gasteiger partial charge in [0.05, 0.1) is 21.4 Å². The van der Waals surface area contributed by atoms with Gasteiger partial charge in [0.15, 0.2) is 0 Å². The third-order valence-corrected chi connectivity index (χ3v) is 4.86. The van der Waals surface area contributed by atoms with Crippen molar-refractivity contribution < 1.29 is 4.39 Å². The summed E-state index contributed by atoms with van der Waals surface area (Å²) in [5.41, 5.74) is 1.44. The maximum absolute atomic E-state index is 13.5. The summed E-state index contributed by atoms with van der Waals surface area (Å²) in [7, 11) is 0. The number of aromatic nitrogens is 2. The first-order valence-electron chi connectivity index (χ1n) is 6.46. The number of benzene rings is 1. The standard InChI is InChI=1S/C14H17Cl2FN2S/c1-8(20-3)4-5-19-13-6-10(16)11(17)7-12(13)18-14(19)9(2)15/h6-9H,4-5H2,1-3H3. The lowest BCUT2D eigenvalue weighted by molar-refractivity contribution is 0.622. The molecule has 20 heavy (non-hydrogen) atoms. The zero-order valence-corrected chi connectivity index (χ0v) is 14.0. The van der Waals surface area contributed by atoms with E-state index in [0.29, 0.717) is 10.8 Å². The number of hydrogen-bond donors (Lipinski definition) is 0. The van der Waals surface area contributed by atoms with Crippen LogP contribution in [0.3, 0.4) is 0 Å². The molecule has 0 aliphatic heterocycles. The van der Waals surface area contributed by atoms with Gasteiger partial charge in [0.1, 0.15) is 11.6 Å². The van der Waals surface area contributed by atoms with Crippen LogP contribution >= 0.6 is 35.0 Å². The third-order valence-electron chi connectivity index (χ3n) is 3.34. The zero-order chi connectivity index (χ0) is 14.9. The lowest BCUT2D eigenvalue weighted by atomic mass is 10.3. The van der Waals surface area contributed by atoms with Crippen LogP contribution in [0, 0.1) is 5.82 Å². The minimum atomic E-state index is -0.449. The number of halogens is 3. The number of imidazole rings is 1. The Morgan fingerprint density at radius 1 is 1.40 bits per heavy atom. The van der Waals surface area contributed by atoms with Gasteiger partial charge in [-0.25, -0.2) is 9.37 Å². The molecule has 0 N–H and O–H groups in total. The summed E-state index contributed by atoms with van der Waals surface area (Å²) in [5.74, 6) is 0.312. The average molecular weight is 335 g/mol. The van der Waals surface area contributed by atoms with Gasteiger partial charge in [0, 0.05) is 17.9 Å². The van der Waals surface area contributed by atoms with Gasteiger partial charge in [-0.2, -0.15) is 11.8 Å². The molecule has 0 saturated carbocycles. The van der Waals surface area contributed by atoms with Crippen molar-refractivity contribution in [2.75, 3.05) is 6.26 Å². The van der Waals surface area contributed by atoms with E-state index in [2.05, 4.69) is 18.2 Å². The second-order valence-electron chi connectivity index (χ2n) is 4.83. The number of alkyl halides is 1. The van der Waals surface area contributed by atoms with E-state index >= 15 is 0 Å². The normalized spacial score (nSPS) is 14.7. The van der Waals surface area contributed by atoms with Gasteiger partial charge in [0.2, 0.25) is 0 Å². The summed E-state index contributed by atoms with van der Waals surface area (Å²) in [6.07, 6.45) is 3.09. The largest absolute Gasteiger partial charge is 0.327 e. The second-order valence-corrected chi connectivity index (χ2v) is 7.17. The van der Waals surface area contributed by atoms with Crippen molar-refractivity contribution in [3.8, 4) is 0 Å². The molecule has 6 heteroatoms. The summed E-state index contributed by atoms with van der Waals surface area (Å²) < 4.78 is 15.6. The molecule has 0 amide bonds. The fourth-order valence-corrected chi connectivity index (χ4v) is 2.77. The van der Waals surface area contributed by atoms with Gasteiger partial charge < -0.3 is 4.57 Å². The number of rotatable bonds is 5. The van der Waals surface area contributed by atoms with Gasteiger partial charge in [-0.15, -0.1) is 11.6 Å². The second kappa shape index (κ2) is 6.54. The molecule has 110 valence electrons. The van der Waals surface area contributed by atoms with Crippen molar-refractivity contribution in [1.82, 2.24) is 9.55 Å². The molecule has 2 aromatic rings. The van der Waals surface area contributed by atoms with E-state index in [1.165, 1.54) is 6.07 Å². The quantitative estimate of drug-likeness (QED) is 0.693. The van der Waals surface area contributed by atoms with Gasteiger partial charge in [-0.05, 0) is 25.7 Å². The van der Waals surface area contributed by atoms with Gasteiger partial charge in [-0.1, -0.05) is 18.5 Å². The van der Waals surface area contributed by atoms with Crippen LogP contribution in [-0.2, 0) is 6.54 Å². The van der Waals surface area contributed by atoms with Crippen molar-refractivity contribution in [1.29, 1.82) is 0 Å².